The molecular weight excluding hydrogens is 504 g/mol. The molecule has 1 aliphatic heterocycles. The normalized spacial score (nSPS) is 17.6. The third-order valence-corrected chi connectivity index (χ3v) is 7.98. The number of halogens is 1. The number of anilines is 1. The van der Waals surface area contributed by atoms with Crippen molar-refractivity contribution in [2.24, 2.45) is 0 Å². The van der Waals surface area contributed by atoms with Crippen LogP contribution in [0, 0.1) is 0 Å². The lowest BCUT2D eigenvalue weighted by molar-refractivity contribution is -0.132. The molecule has 5 rings (SSSR count). The fourth-order valence-electron chi connectivity index (χ4n) is 4.55. The Labute approximate surface area is 225 Å². The number of hydrogen-bond acceptors (Lipinski definition) is 5. The zero-order valence-corrected chi connectivity index (χ0v) is 22.7. The first-order chi connectivity index (χ1) is 17.6. The number of amides is 1. The number of aliphatic hydroxyl groups is 1. The van der Waals surface area contributed by atoms with Crippen LogP contribution in [-0.4, -0.2) is 21.8 Å². The molecule has 1 aromatic heterocycles. The molecule has 1 saturated heterocycles. The number of ketones is 1. The van der Waals surface area contributed by atoms with Gasteiger partial charge in [-0.2, -0.15) is 0 Å². The minimum Gasteiger partial charge on any atom is -0.507 e. The number of aromatic nitrogens is 1. The largest absolute Gasteiger partial charge is 0.507 e. The molecule has 1 atom stereocenters. The van der Waals surface area contributed by atoms with Crippen molar-refractivity contribution in [1.29, 1.82) is 0 Å². The number of aliphatic hydroxyl groups excluding tert-OH is 1. The molecule has 2 heterocycles. The summed E-state index contributed by atoms with van der Waals surface area (Å²) in [5, 5.41) is 12.2. The summed E-state index contributed by atoms with van der Waals surface area (Å²) >= 11 is 7.40. The molecule has 0 radical (unpaired) electrons. The topological polar surface area (TPSA) is 70.5 Å². The van der Waals surface area contributed by atoms with Gasteiger partial charge in [-0.15, -0.1) is 0 Å². The summed E-state index contributed by atoms with van der Waals surface area (Å²) in [7, 11) is 0. The SMILES string of the molecule is CCc1ccc2nc(N3C(=O)C(=O)/C(=C(/O)c4ccc(Cl)cc4)[C@@H]3c3ccc(C(C)(C)C)cc3)sc2c1. The second-order valence-corrected chi connectivity index (χ2v) is 11.6. The first-order valence-corrected chi connectivity index (χ1v) is 13.3. The molecule has 0 spiro atoms. The number of aryl methyl sites for hydroxylation is 1. The van der Waals surface area contributed by atoms with Gasteiger partial charge in [-0.1, -0.05) is 81.0 Å². The summed E-state index contributed by atoms with van der Waals surface area (Å²) in [5.41, 5.74) is 4.16. The molecule has 37 heavy (non-hydrogen) atoms. The van der Waals surface area contributed by atoms with Gasteiger partial charge in [0.05, 0.1) is 21.8 Å². The van der Waals surface area contributed by atoms with Gasteiger partial charge in [0.2, 0.25) is 0 Å². The second kappa shape index (κ2) is 9.43. The zero-order valence-electron chi connectivity index (χ0n) is 21.1. The molecule has 5 nitrogen and oxygen atoms in total. The van der Waals surface area contributed by atoms with E-state index in [1.165, 1.54) is 21.8 Å². The van der Waals surface area contributed by atoms with Crippen LogP contribution >= 0.6 is 22.9 Å². The average molecular weight is 531 g/mol. The van der Waals surface area contributed by atoms with Gasteiger partial charge in [0, 0.05) is 10.6 Å². The number of thiazole rings is 1. The Morgan fingerprint density at radius 3 is 2.32 bits per heavy atom. The van der Waals surface area contributed by atoms with Gasteiger partial charge in [0.15, 0.2) is 5.13 Å². The van der Waals surface area contributed by atoms with E-state index in [0.717, 1.165) is 27.8 Å². The molecular formula is C30H27ClN2O3S. The minimum atomic E-state index is -0.823. The summed E-state index contributed by atoms with van der Waals surface area (Å²) in [6.45, 7) is 8.46. The van der Waals surface area contributed by atoms with Crippen LogP contribution in [0.3, 0.4) is 0 Å². The smallest absolute Gasteiger partial charge is 0.301 e. The number of hydrogen-bond donors (Lipinski definition) is 1. The van der Waals surface area contributed by atoms with E-state index in [9.17, 15) is 14.7 Å². The molecule has 4 aromatic rings. The average Bonchev–Trinajstić information content (AvgIpc) is 3.41. The van der Waals surface area contributed by atoms with Crippen LogP contribution in [0.4, 0.5) is 5.13 Å². The molecule has 0 saturated carbocycles. The van der Waals surface area contributed by atoms with Gasteiger partial charge in [-0.3, -0.25) is 14.5 Å². The summed E-state index contributed by atoms with van der Waals surface area (Å²) < 4.78 is 0.941. The van der Waals surface area contributed by atoms with E-state index < -0.39 is 17.7 Å². The van der Waals surface area contributed by atoms with Gasteiger partial charge < -0.3 is 5.11 Å². The van der Waals surface area contributed by atoms with Gasteiger partial charge in [0.1, 0.15) is 5.76 Å². The van der Waals surface area contributed by atoms with Crippen LogP contribution in [-0.2, 0) is 21.4 Å². The highest BCUT2D eigenvalue weighted by molar-refractivity contribution is 7.22. The van der Waals surface area contributed by atoms with Gasteiger partial charge in [-0.25, -0.2) is 4.98 Å². The molecule has 0 bridgehead atoms. The summed E-state index contributed by atoms with van der Waals surface area (Å²) in [5.74, 6) is -1.70. The maximum absolute atomic E-state index is 13.5. The number of nitrogens with zero attached hydrogens (tertiary/aromatic N) is 2. The summed E-state index contributed by atoms with van der Waals surface area (Å²) in [4.78, 5) is 33.1. The summed E-state index contributed by atoms with van der Waals surface area (Å²) in [6, 6.07) is 19.6. The van der Waals surface area contributed by atoms with Crippen LogP contribution in [0.5, 0.6) is 0 Å². The monoisotopic (exact) mass is 530 g/mol. The number of Topliss-reactive ketones (excluding diaryl/α,β-unsaturated/α-hetero) is 1. The molecule has 1 amide bonds. The van der Waals surface area contributed by atoms with Crippen molar-refractivity contribution in [3.05, 3.63) is 99.6 Å². The molecule has 1 fully saturated rings. The van der Waals surface area contributed by atoms with Crippen molar-refractivity contribution in [3.63, 3.8) is 0 Å². The van der Waals surface area contributed by atoms with E-state index in [1.807, 2.05) is 36.4 Å². The molecule has 1 N–H and O–H groups in total. The lowest BCUT2D eigenvalue weighted by atomic mass is 9.85. The van der Waals surface area contributed by atoms with Gasteiger partial charge >= 0.3 is 5.91 Å². The van der Waals surface area contributed by atoms with E-state index >= 15 is 0 Å². The van der Waals surface area contributed by atoms with Gasteiger partial charge in [-0.05, 0) is 64.9 Å². The highest BCUT2D eigenvalue weighted by atomic mass is 35.5. The molecule has 3 aromatic carbocycles. The molecule has 0 aliphatic carbocycles. The highest BCUT2D eigenvalue weighted by Gasteiger charge is 2.48. The third kappa shape index (κ3) is 4.56. The van der Waals surface area contributed by atoms with Gasteiger partial charge in [0.25, 0.3) is 5.78 Å². The molecule has 7 heteroatoms. The third-order valence-electron chi connectivity index (χ3n) is 6.71. The second-order valence-electron chi connectivity index (χ2n) is 10.2. The van der Waals surface area contributed by atoms with E-state index in [1.54, 1.807) is 24.3 Å². The standard InChI is InChI=1S/C30H27ClN2O3S/c1-5-17-6-15-22-23(16-17)37-29(32-22)33-25(18-7-11-20(12-8-18)30(2,3)4)24(27(35)28(33)36)26(34)19-9-13-21(31)14-10-19/h6-16,25,34H,5H2,1-4H3/b26-24+/t25-/m0/s1. The Balaban J connectivity index is 1.70. The predicted octanol–water partition coefficient (Wildman–Crippen LogP) is 7.44. The Kier molecular flexibility index (Phi) is 6.42. The number of carbonyl (C=O) groups excluding carboxylic acids is 2. The quantitative estimate of drug-likeness (QED) is 0.169. The zero-order chi connectivity index (χ0) is 26.5. The Bertz CT molecular complexity index is 1550. The summed E-state index contributed by atoms with van der Waals surface area (Å²) in [6.07, 6.45) is 0.884. The lowest BCUT2D eigenvalue weighted by Crippen LogP contribution is -2.29. The fraction of sp³-hybridized carbons (Fsp3) is 0.233. The Morgan fingerprint density at radius 1 is 1.03 bits per heavy atom. The van der Waals surface area contributed by atoms with Crippen LogP contribution in [0.2, 0.25) is 5.02 Å². The van der Waals surface area contributed by atoms with E-state index in [0.29, 0.717) is 15.7 Å². The lowest BCUT2D eigenvalue weighted by Gasteiger charge is -2.24. The van der Waals surface area contributed by atoms with Crippen molar-refractivity contribution in [2.45, 2.75) is 45.6 Å². The highest BCUT2D eigenvalue weighted by Crippen LogP contribution is 2.44. The minimum absolute atomic E-state index is 0.0318. The van der Waals surface area contributed by atoms with E-state index in [4.69, 9.17) is 16.6 Å². The van der Waals surface area contributed by atoms with Crippen LogP contribution in [0.1, 0.15) is 56.0 Å². The van der Waals surface area contributed by atoms with Crippen molar-refractivity contribution in [2.75, 3.05) is 4.90 Å². The van der Waals surface area contributed by atoms with Crippen molar-refractivity contribution in [3.8, 4) is 0 Å². The van der Waals surface area contributed by atoms with Crippen LogP contribution in [0.15, 0.2) is 72.3 Å². The first-order valence-electron chi connectivity index (χ1n) is 12.2. The number of benzene rings is 3. The van der Waals surface area contributed by atoms with E-state index in [-0.39, 0.29) is 16.7 Å². The van der Waals surface area contributed by atoms with Crippen molar-refractivity contribution in [1.82, 2.24) is 4.98 Å². The van der Waals surface area contributed by atoms with Crippen LogP contribution < -0.4 is 4.90 Å². The molecule has 0 unspecified atom stereocenters. The van der Waals surface area contributed by atoms with E-state index in [2.05, 4.69) is 33.8 Å². The maximum Gasteiger partial charge on any atom is 0.301 e. The Morgan fingerprint density at radius 2 is 1.70 bits per heavy atom. The first kappa shape index (κ1) is 25.2. The maximum atomic E-state index is 13.5. The fourth-order valence-corrected chi connectivity index (χ4v) is 5.74. The molecule has 1 aliphatic rings. The predicted molar refractivity (Wildman–Crippen MR) is 150 cm³/mol. The van der Waals surface area contributed by atoms with Crippen molar-refractivity contribution < 1.29 is 14.7 Å². The van der Waals surface area contributed by atoms with Crippen molar-refractivity contribution >= 4 is 55.7 Å². The number of rotatable bonds is 4. The Hall–Kier alpha value is -3.48. The van der Waals surface area contributed by atoms with Crippen LogP contribution in [0.25, 0.3) is 16.0 Å². The number of fused-ring (bicyclic) bond motifs is 1. The number of carbonyl (C=O) groups is 2. The molecule has 188 valence electrons.